The molecule has 26 heavy (non-hydrogen) atoms. The van der Waals surface area contributed by atoms with E-state index in [9.17, 15) is 0 Å². The Hall–Kier alpha value is -0.960. The number of rotatable bonds is 0. The summed E-state index contributed by atoms with van der Waals surface area (Å²) in [6.45, 7) is 7.42. The number of nitrogens with zero attached hydrogens (tertiary/aromatic N) is 2. The van der Waals surface area contributed by atoms with Gasteiger partial charge in [-0.3, -0.25) is 0 Å². The quantitative estimate of drug-likeness (QED) is 0.558. The predicted octanol–water partition coefficient (Wildman–Crippen LogP) is 5.09. The van der Waals surface area contributed by atoms with Crippen molar-refractivity contribution in [2.45, 2.75) is 89.9 Å². The molecule has 0 spiro atoms. The van der Waals surface area contributed by atoms with Crippen molar-refractivity contribution in [1.29, 1.82) is 0 Å². The zero-order valence-corrected chi connectivity index (χ0v) is 17.0. The van der Waals surface area contributed by atoms with Crippen LogP contribution in [0.15, 0.2) is 0 Å². The fourth-order valence-corrected chi connectivity index (χ4v) is 3.97. The Labute approximate surface area is 163 Å². The monoisotopic (exact) mass is 356 g/mol. The van der Waals surface area contributed by atoms with Gasteiger partial charge in [0, 0.05) is 25.7 Å². The van der Waals surface area contributed by atoms with Gasteiger partial charge in [-0.25, -0.2) is 0 Å². The highest BCUT2D eigenvalue weighted by Crippen LogP contribution is 2.10. The summed E-state index contributed by atoms with van der Waals surface area (Å²) < 4.78 is 0. The molecule has 3 aliphatic heterocycles. The van der Waals surface area contributed by atoms with Gasteiger partial charge < -0.3 is 9.80 Å². The largest absolute Gasteiger partial charge is 0.303 e. The molecular weight excluding hydrogens is 316 g/mol. The Kier molecular flexibility index (Phi) is 12.4. The first-order chi connectivity index (χ1) is 12.9. The highest BCUT2D eigenvalue weighted by Gasteiger charge is 2.06. The minimum atomic E-state index is 1.07. The Bertz CT molecular complexity index is 390. The molecule has 2 heteroatoms. The number of hydrogen-bond acceptors (Lipinski definition) is 2. The lowest BCUT2D eigenvalue weighted by atomic mass is 10.1. The topological polar surface area (TPSA) is 6.48 Å². The first-order valence-electron chi connectivity index (χ1n) is 11.3. The van der Waals surface area contributed by atoms with Crippen molar-refractivity contribution in [1.82, 2.24) is 9.80 Å². The summed E-state index contributed by atoms with van der Waals surface area (Å²) in [6, 6.07) is 0. The average Bonchev–Trinajstić information content (AvgIpc) is 2.65. The van der Waals surface area contributed by atoms with Crippen LogP contribution >= 0.6 is 0 Å². The SMILES string of the molecule is C1#CCCCN2CCCC#CCCCN(CCC1)CCCCCCCC2. The molecule has 0 fully saturated rings. The Morgan fingerprint density at radius 1 is 0.308 bits per heavy atom. The van der Waals surface area contributed by atoms with Crippen molar-refractivity contribution in [2.24, 2.45) is 0 Å². The summed E-state index contributed by atoms with van der Waals surface area (Å²) >= 11 is 0. The maximum Gasteiger partial charge on any atom is 0.0101 e. The molecule has 0 amide bonds. The minimum Gasteiger partial charge on any atom is -0.303 e. The lowest BCUT2D eigenvalue weighted by Gasteiger charge is -2.22. The average molecular weight is 357 g/mol. The van der Waals surface area contributed by atoms with Crippen molar-refractivity contribution in [2.75, 3.05) is 39.3 Å². The predicted molar refractivity (Wildman–Crippen MR) is 113 cm³/mol. The summed E-state index contributed by atoms with van der Waals surface area (Å²) in [6.07, 6.45) is 17.6. The van der Waals surface area contributed by atoms with Gasteiger partial charge in [0.05, 0.1) is 0 Å². The summed E-state index contributed by atoms with van der Waals surface area (Å²) in [5.41, 5.74) is 0. The second kappa shape index (κ2) is 15.1. The van der Waals surface area contributed by atoms with Crippen molar-refractivity contribution in [3.63, 3.8) is 0 Å². The van der Waals surface area contributed by atoms with Crippen LogP contribution in [0.3, 0.4) is 0 Å². The van der Waals surface area contributed by atoms with Gasteiger partial charge in [-0.15, -0.1) is 23.7 Å². The van der Waals surface area contributed by atoms with Crippen LogP contribution in [-0.4, -0.2) is 49.1 Å². The molecule has 0 aliphatic carbocycles. The van der Waals surface area contributed by atoms with Gasteiger partial charge in [-0.1, -0.05) is 25.7 Å². The van der Waals surface area contributed by atoms with Gasteiger partial charge >= 0.3 is 0 Å². The summed E-state index contributed by atoms with van der Waals surface area (Å²) in [5, 5.41) is 0. The molecule has 146 valence electrons. The van der Waals surface area contributed by atoms with E-state index in [1.165, 1.54) is 103 Å². The molecule has 0 aromatic rings. The van der Waals surface area contributed by atoms with Crippen LogP contribution in [0.2, 0.25) is 0 Å². The van der Waals surface area contributed by atoms with Gasteiger partial charge in [-0.2, -0.15) is 0 Å². The normalized spacial score (nSPS) is 28.0. The van der Waals surface area contributed by atoms with E-state index >= 15 is 0 Å². The molecule has 0 unspecified atom stereocenters. The molecule has 2 nitrogen and oxygen atoms in total. The van der Waals surface area contributed by atoms with E-state index in [1.54, 1.807) is 0 Å². The standard InChI is InChI=1S/C24H40N2/c1-2-8-14-20-26-23-17-11-5-3-9-15-21-25(19-13-7-1)22-16-10-4-6-12-18-24-26/h1-2,7-24H2. The first kappa shape index (κ1) is 21.3. The van der Waals surface area contributed by atoms with Gasteiger partial charge in [-0.05, 0) is 77.8 Å². The van der Waals surface area contributed by atoms with Gasteiger partial charge in [0.25, 0.3) is 0 Å². The van der Waals surface area contributed by atoms with Crippen LogP contribution in [0.25, 0.3) is 0 Å². The smallest absolute Gasteiger partial charge is 0.0101 e. The first-order valence-corrected chi connectivity index (χ1v) is 11.3. The van der Waals surface area contributed by atoms with Crippen molar-refractivity contribution in [3.8, 4) is 23.7 Å². The third-order valence-corrected chi connectivity index (χ3v) is 5.55. The van der Waals surface area contributed by atoms with E-state index in [0.29, 0.717) is 0 Å². The molecule has 3 aliphatic rings. The molecule has 0 N–H and O–H groups in total. The van der Waals surface area contributed by atoms with E-state index in [-0.39, 0.29) is 0 Å². The third-order valence-electron chi connectivity index (χ3n) is 5.55. The maximum atomic E-state index is 3.42. The van der Waals surface area contributed by atoms with Crippen molar-refractivity contribution >= 4 is 0 Å². The maximum absolute atomic E-state index is 3.42. The van der Waals surface area contributed by atoms with E-state index in [1.807, 2.05) is 0 Å². The molecule has 3 rings (SSSR count). The summed E-state index contributed by atoms with van der Waals surface area (Å²) in [5.74, 6) is 13.7. The van der Waals surface area contributed by atoms with Crippen LogP contribution in [0.1, 0.15) is 89.9 Å². The van der Waals surface area contributed by atoms with Crippen LogP contribution < -0.4 is 0 Å². The van der Waals surface area contributed by atoms with Gasteiger partial charge in [0.15, 0.2) is 0 Å². The van der Waals surface area contributed by atoms with E-state index in [2.05, 4.69) is 33.5 Å². The van der Waals surface area contributed by atoms with Crippen molar-refractivity contribution < 1.29 is 0 Å². The van der Waals surface area contributed by atoms with Gasteiger partial charge in [0.2, 0.25) is 0 Å². The van der Waals surface area contributed by atoms with Crippen LogP contribution in [-0.2, 0) is 0 Å². The molecule has 0 atom stereocenters. The Morgan fingerprint density at radius 3 is 0.923 bits per heavy atom. The fourth-order valence-electron chi connectivity index (χ4n) is 3.97. The minimum absolute atomic E-state index is 1.07. The summed E-state index contributed by atoms with van der Waals surface area (Å²) in [7, 11) is 0. The van der Waals surface area contributed by atoms with Crippen LogP contribution in [0.4, 0.5) is 0 Å². The zero-order valence-electron chi connectivity index (χ0n) is 17.0. The molecule has 2 bridgehead atoms. The highest BCUT2D eigenvalue weighted by atomic mass is 15.1. The molecule has 0 radical (unpaired) electrons. The third kappa shape index (κ3) is 10.9. The van der Waals surface area contributed by atoms with E-state index in [4.69, 9.17) is 0 Å². The summed E-state index contributed by atoms with van der Waals surface area (Å²) in [4.78, 5) is 5.35. The van der Waals surface area contributed by atoms with Crippen LogP contribution in [0.5, 0.6) is 0 Å². The second-order valence-corrected chi connectivity index (χ2v) is 7.93. The highest BCUT2D eigenvalue weighted by molar-refractivity contribution is 5.00. The molecule has 3 heterocycles. The number of hydrogen-bond donors (Lipinski definition) is 0. The molecular formula is C24H40N2. The molecule has 0 saturated heterocycles. The van der Waals surface area contributed by atoms with E-state index < -0.39 is 0 Å². The van der Waals surface area contributed by atoms with Crippen LogP contribution in [0, 0.1) is 23.7 Å². The Morgan fingerprint density at radius 2 is 0.577 bits per heavy atom. The number of fused-ring (bicyclic) bond motifs is 19. The zero-order chi connectivity index (χ0) is 18.1. The second-order valence-electron chi connectivity index (χ2n) is 7.93. The molecule has 0 aromatic heterocycles. The Balaban J connectivity index is 1.96. The lowest BCUT2D eigenvalue weighted by molar-refractivity contribution is 0.257. The van der Waals surface area contributed by atoms with Crippen molar-refractivity contribution in [3.05, 3.63) is 0 Å². The lowest BCUT2D eigenvalue weighted by Crippen LogP contribution is -2.27. The van der Waals surface area contributed by atoms with Gasteiger partial charge in [0.1, 0.15) is 0 Å². The van der Waals surface area contributed by atoms with E-state index in [0.717, 1.165) is 25.7 Å². The fraction of sp³-hybridized carbons (Fsp3) is 0.833. The molecule has 0 aromatic carbocycles. The molecule has 0 saturated carbocycles.